The van der Waals surface area contributed by atoms with Crippen LogP contribution in [-0.2, 0) is 0 Å². The van der Waals surface area contributed by atoms with Crippen molar-refractivity contribution in [3.8, 4) is 11.5 Å². The Morgan fingerprint density at radius 1 is 1.10 bits per heavy atom. The lowest BCUT2D eigenvalue weighted by atomic mass is 10.1. The Morgan fingerprint density at radius 2 is 1.86 bits per heavy atom. The summed E-state index contributed by atoms with van der Waals surface area (Å²) in [5.41, 5.74) is 1.65. The lowest BCUT2D eigenvalue weighted by Gasteiger charge is -2.11. The zero-order valence-corrected chi connectivity index (χ0v) is 13.6. The molecule has 0 saturated carbocycles. The number of ketones is 1. The number of carbonyl (C=O) groups excluding carboxylic acids is 1. The molecule has 0 bridgehead atoms. The summed E-state index contributed by atoms with van der Waals surface area (Å²) in [5, 5.41) is 0. The van der Waals surface area contributed by atoms with Gasteiger partial charge in [-0.05, 0) is 44.2 Å². The molecule has 4 heteroatoms. The molecule has 2 aromatic rings. The van der Waals surface area contributed by atoms with E-state index in [0.717, 1.165) is 15.8 Å². The quantitative estimate of drug-likeness (QED) is 0.572. The van der Waals surface area contributed by atoms with E-state index >= 15 is 0 Å². The van der Waals surface area contributed by atoms with Gasteiger partial charge in [-0.2, -0.15) is 0 Å². The van der Waals surface area contributed by atoms with Gasteiger partial charge in [0.05, 0.1) is 5.56 Å². The normalized spacial score (nSPS) is 10.2. The van der Waals surface area contributed by atoms with Gasteiger partial charge in [-0.25, -0.2) is 0 Å². The van der Waals surface area contributed by atoms with E-state index in [-0.39, 0.29) is 5.78 Å². The van der Waals surface area contributed by atoms with Crippen molar-refractivity contribution in [1.82, 2.24) is 0 Å². The van der Waals surface area contributed by atoms with Gasteiger partial charge >= 0.3 is 0 Å². The first-order valence-corrected chi connectivity index (χ1v) is 7.48. The van der Waals surface area contributed by atoms with E-state index in [9.17, 15) is 4.79 Å². The van der Waals surface area contributed by atoms with Crippen molar-refractivity contribution in [2.75, 3.05) is 13.2 Å². The zero-order valence-electron chi connectivity index (χ0n) is 12.1. The highest BCUT2D eigenvalue weighted by Crippen LogP contribution is 2.21. The third-order valence-electron chi connectivity index (χ3n) is 2.92. The molecule has 0 aliphatic heterocycles. The van der Waals surface area contributed by atoms with Gasteiger partial charge in [-0.15, -0.1) is 0 Å². The van der Waals surface area contributed by atoms with Crippen LogP contribution in [0.25, 0.3) is 0 Å². The van der Waals surface area contributed by atoms with Crippen LogP contribution in [0.1, 0.15) is 22.8 Å². The highest BCUT2D eigenvalue weighted by molar-refractivity contribution is 9.10. The van der Waals surface area contributed by atoms with Crippen molar-refractivity contribution in [3.05, 3.63) is 58.1 Å². The Balaban J connectivity index is 1.90. The summed E-state index contributed by atoms with van der Waals surface area (Å²) in [6, 6.07) is 13.2. The average Bonchev–Trinajstić information content (AvgIpc) is 2.44. The van der Waals surface area contributed by atoms with Crippen molar-refractivity contribution in [3.63, 3.8) is 0 Å². The van der Waals surface area contributed by atoms with Gasteiger partial charge in [0.1, 0.15) is 24.7 Å². The average molecular weight is 349 g/mol. The Hall–Kier alpha value is -1.81. The zero-order chi connectivity index (χ0) is 15.2. The van der Waals surface area contributed by atoms with Crippen molar-refractivity contribution in [1.29, 1.82) is 0 Å². The van der Waals surface area contributed by atoms with Crippen LogP contribution in [0.2, 0.25) is 0 Å². The number of carbonyl (C=O) groups is 1. The number of rotatable bonds is 6. The molecule has 110 valence electrons. The summed E-state index contributed by atoms with van der Waals surface area (Å²) in [6.07, 6.45) is 0. The highest BCUT2D eigenvalue weighted by Gasteiger charge is 2.08. The van der Waals surface area contributed by atoms with Crippen molar-refractivity contribution < 1.29 is 14.3 Å². The highest BCUT2D eigenvalue weighted by atomic mass is 79.9. The maximum absolute atomic E-state index is 11.6. The number of halogens is 1. The second-order valence-corrected chi connectivity index (χ2v) is 5.63. The Labute approximate surface area is 133 Å². The third-order valence-corrected chi connectivity index (χ3v) is 3.41. The Morgan fingerprint density at radius 3 is 2.57 bits per heavy atom. The third kappa shape index (κ3) is 4.60. The van der Waals surface area contributed by atoms with E-state index in [2.05, 4.69) is 15.9 Å². The summed E-state index contributed by atoms with van der Waals surface area (Å²) in [7, 11) is 0. The maximum atomic E-state index is 11.6. The molecule has 0 fully saturated rings. The standard InChI is InChI=1S/C17H17BrO3/c1-12-6-7-17(16(10-12)13(2)19)21-9-8-20-15-5-3-4-14(18)11-15/h3-7,10-11H,8-9H2,1-2H3. The van der Waals surface area contributed by atoms with Crippen LogP contribution >= 0.6 is 15.9 Å². The van der Waals surface area contributed by atoms with Crippen LogP contribution in [-0.4, -0.2) is 19.0 Å². The minimum Gasteiger partial charge on any atom is -0.490 e. The number of hydrogen-bond acceptors (Lipinski definition) is 3. The van der Waals surface area contributed by atoms with Gasteiger partial charge in [0, 0.05) is 4.47 Å². The fourth-order valence-corrected chi connectivity index (χ4v) is 2.29. The molecule has 3 nitrogen and oxygen atoms in total. The largest absolute Gasteiger partial charge is 0.490 e. The smallest absolute Gasteiger partial charge is 0.163 e. The monoisotopic (exact) mass is 348 g/mol. The van der Waals surface area contributed by atoms with Gasteiger partial charge in [-0.1, -0.05) is 33.6 Å². The second-order valence-electron chi connectivity index (χ2n) is 4.71. The fraction of sp³-hybridized carbons (Fsp3) is 0.235. The number of hydrogen-bond donors (Lipinski definition) is 0. The number of Topliss-reactive ketones (excluding diaryl/α,β-unsaturated/α-hetero) is 1. The van der Waals surface area contributed by atoms with Gasteiger partial charge < -0.3 is 9.47 Å². The summed E-state index contributed by atoms with van der Waals surface area (Å²) >= 11 is 3.39. The van der Waals surface area contributed by atoms with Gasteiger partial charge in [0.15, 0.2) is 5.78 Å². The number of ether oxygens (including phenoxy) is 2. The van der Waals surface area contributed by atoms with Crippen LogP contribution in [0.4, 0.5) is 0 Å². The van der Waals surface area contributed by atoms with E-state index in [1.54, 1.807) is 6.92 Å². The van der Waals surface area contributed by atoms with E-state index in [1.165, 1.54) is 0 Å². The first kappa shape index (κ1) is 15.6. The van der Waals surface area contributed by atoms with Crippen LogP contribution in [0.15, 0.2) is 46.9 Å². The molecule has 0 spiro atoms. The van der Waals surface area contributed by atoms with E-state index in [4.69, 9.17) is 9.47 Å². The van der Waals surface area contributed by atoms with E-state index < -0.39 is 0 Å². The molecule has 0 radical (unpaired) electrons. The van der Waals surface area contributed by atoms with Crippen LogP contribution < -0.4 is 9.47 Å². The molecule has 2 aromatic carbocycles. The fourth-order valence-electron chi connectivity index (χ4n) is 1.91. The van der Waals surface area contributed by atoms with Gasteiger partial charge in [-0.3, -0.25) is 4.79 Å². The van der Waals surface area contributed by atoms with Crippen molar-refractivity contribution >= 4 is 21.7 Å². The van der Waals surface area contributed by atoms with Crippen LogP contribution in [0, 0.1) is 6.92 Å². The van der Waals surface area contributed by atoms with Crippen LogP contribution in [0.5, 0.6) is 11.5 Å². The first-order valence-electron chi connectivity index (χ1n) is 6.69. The first-order chi connectivity index (χ1) is 10.1. The topological polar surface area (TPSA) is 35.5 Å². The molecule has 0 heterocycles. The summed E-state index contributed by atoms with van der Waals surface area (Å²) in [4.78, 5) is 11.6. The van der Waals surface area contributed by atoms with E-state index in [1.807, 2.05) is 49.4 Å². The molecule has 0 aliphatic rings. The molecule has 0 amide bonds. The molecular weight excluding hydrogens is 332 g/mol. The van der Waals surface area contributed by atoms with Crippen molar-refractivity contribution in [2.24, 2.45) is 0 Å². The SMILES string of the molecule is CC(=O)c1cc(C)ccc1OCCOc1cccc(Br)c1. The summed E-state index contributed by atoms with van der Waals surface area (Å²) in [5.74, 6) is 1.39. The Kier molecular flexibility index (Phi) is 5.39. The number of benzene rings is 2. The molecule has 0 saturated heterocycles. The summed E-state index contributed by atoms with van der Waals surface area (Å²) < 4.78 is 12.2. The molecule has 0 aliphatic carbocycles. The lowest BCUT2D eigenvalue weighted by molar-refractivity contribution is 0.101. The Bertz CT molecular complexity index is 638. The molecule has 2 rings (SSSR count). The lowest BCUT2D eigenvalue weighted by Crippen LogP contribution is -2.11. The maximum Gasteiger partial charge on any atom is 0.163 e. The molecule has 21 heavy (non-hydrogen) atoms. The van der Waals surface area contributed by atoms with Gasteiger partial charge in [0.2, 0.25) is 0 Å². The predicted molar refractivity (Wildman–Crippen MR) is 86.3 cm³/mol. The summed E-state index contributed by atoms with van der Waals surface area (Å²) in [6.45, 7) is 4.30. The molecule has 0 atom stereocenters. The van der Waals surface area contributed by atoms with Gasteiger partial charge in [0.25, 0.3) is 0 Å². The molecule has 0 unspecified atom stereocenters. The van der Waals surface area contributed by atoms with Crippen LogP contribution in [0.3, 0.4) is 0 Å². The van der Waals surface area contributed by atoms with Crippen molar-refractivity contribution in [2.45, 2.75) is 13.8 Å². The number of aryl methyl sites for hydroxylation is 1. The second kappa shape index (κ2) is 7.27. The minimum absolute atomic E-state index is 0.00149. The molecule has 0 N–H and O–H groups in total. The molecular formula is C17H17BrO3. The van der Waals surface area contributed by atoms with E-state index in [0.29, 0.717) is 24.5 Å². The molecule has 0 aromatic heterocycles. The minimum atomic E-state index is 0.00149. The predicted octanol–water partition coefficient (Wildman–Crippen LogP) is 4.42.